The number of nitrogens with one attached hydrogen (secondary N) is 1. The molecule has 4 nitrogen and oxygen atoms in total. The average Bonchev–Trinajstić information content (AvgIpc) is 2.82. The highest BCUT2D eigenvalue weighted by molar-refractivity contribution is 7.91. The second-order valence-electron chi connectivity index (χ2n) is 4.86. The predicted octanol–water partition coefficient (Wildman–Crippen LogP) is 2.66. The summed E-state index contributed by atoms with van der Waals surface area (Å²) in [4.78, 5) is -0.371. The number of ether oxygens (including phenoxy) is 1. The molecule has 0 aromatic heterocycles. The van der Waals surface area contributed by atoms with Crippen LogP contribution in [0.25, 0.3) is 0 Å². The lowest BCUT2D eigenvalue weighted by Gasteiger charge is -2.13. The number of rotatable bonds is 5. The summed E-state index contributed by atoms with van der Waals surface area (Å²) < 4.78 is 52.9. The third-order valence-electron chi connectivity index (χ3n) is 3.27. The maximum Gasteiger partial charge on any atom is 0.341 e. The molecule has 20 heavy (non-hydrogen) atoms. The molecule has 7 heteroatoms. The van der Waals surface area contributed by atoms with Gasteiger partial charge >= 0.3 is 5.76 Å². The van der Waals surface area contributed by atoms with Crippen molar-refractivity contribution in [3.05, 3.63) is 24.3 Å². The maximum absolute atomic E-state index is 12.4. The van der Waals surface area contributed by atoms with Crippen molar-refractivity contribution in [2.24, 2.45) is 0 Å². The Bertz CT molecular complexity index is 545. The van der Waals surface area contributed by atoms with Crippen molar-refractivity contribution in [3.63, 3.8) is 0 Å². The summed E-state index contributed by atoms with van der Waals surface area (Å²) in [5.41, 5.74) is 0.682. The molecule has 1 aromatic rings. The molecule has 2 unspecified atom stereocenters. The van der Waals surface area contributed by atoms with Gasteiger partial charge in [-0.05, 0) is 44.0 Å². The van der Waals surface area contributed by atoms with Gasteiger partial charge in [0.1, 0.15) is 0 Å². The minimum Gasteiger partial charge on any atom is -0.382 e. The van der Waals surface area contributed by atoms with Crippen LogP contribution in [0.1, 0.15) is 19.8 Å². The Balaban J connectivity index is 1.95. The van der Waals surface area contributed by atoms with Crippen LogP contribution in [0.15, 0.2) is 29.2 Å². The standard InChI is InChI=1S/C13H17F2NO3S/c1-9-2-5-11(19-9)8-16-10-3-6-12(7-4-10)20(17,18)13(14)15/h3-4,6-7,9,11,13,16H,2,5,8H2,1H3. The minimum absolute atomic E-state index is 0.134. The van der Waals surface area contributed by atoms with Crippen LogP contribution in [-0.2, 0) is 14.6 Å². The zero-order valence-corrected chi connectivity index (χ0v) is 11.9. The van der Waals surface area contributed by atoms with Crippen LogP contribution in [0.3, 0.4) is 0 Å². The molecule has 0 aliphatic carbocycles. The third-order valence-corrected chi connectivity index (χ3v) is 4.67. The molecular weight excluding hydrogens is 288 g/mol. The van der Waals surface area contributed by atoms with E-state index in [1.807, 2.05) is 6.92 Å². The van der Waals surface area contributed by atoms with Gasteiger partial charge in [-0.3, -0.25) is 0 Å². The molecule has 0 amide bonds. The van der Waals surface area contributed by atoms with E-state index in [1.165, 1.54) is 24.3 Å². The normalized spacial score (nSPS) is 23.2. The second-order valence-corrected chi connectivity index (χ2v) is 6.77. The Hall–Kier alpha value is -1.21. The monoisotopic (exact) mass is 305 g/mol. The summed E-state index contributed by atoms with van der Waals surface area (Å²) in [5, 5.41) is 3.11. The molecule has 0 spiro atoms. The third kappa shape index (κ3) is 3.46. The van der Waals surface area contributed by atoms with Gasteiger partial charge < -0.3 is 10.1 Å². The number of hydrogen-bond donors (Lipinski definition) is 1. The lowest BCUT2D eigenvalue weighted by molar-refractivity contribution is 0.0637. The predicted molar refractivity (Wildman–Crippen MR) is 71.7 cm³/mol. The van der Waals surface area contributed by atoms with E-state index in [9.17, 15) is 17.2 Å². The zero-order chi connectivity index (χ0) is 14.8. The van der Waals surface area contributed by atoms with Gasteiger partial charge in [0.25, 0.3) is 0 Å². The number of anilines is 1. The molecule has 0 radical (unpaired) electrons. The van der Waals surface area contributed by atoms with E-state index in [1.54, 1.807) is 0 Å². The number of halogens is 2. The summed E-state index contributed by atoms with van der Waals surface area (Å²) >= 11 is 0. The first-order valence-corrected chi connectivity index (χ1v) is 7.95. The van der Waals surface area contributed by atoms with Crippen molar-refractivity contribution in [1.29, 1.82) is 0 Å². The summed E-state index contributed by atoms with van der Waals surface area (Å²) in [5.74, 6) is -3.39. The van der Waals surface area contributed by atoms with Crippen LogP contribution < -0.4 is 5.32 Å². The summed E-state index contributed by atoms with van der Waals surface area (Å²) in [6.07, 6.45) is 2.40. The fourth-order valence-corrected chi connectivity index (χ4v) is 2.85. The van der Waals surface area contributed by atoms with Crippen LogP contribution in [0.5, 0.6) is 0 Å². The Morgan fingerprint density at radius 2 is 1.95 bits per heavy atom. The molecule has 1 aliphatic heterocycles. The number of alkyl halides is 2. The Morgan fingerprint density at radius 1 is 1.30 bits per heavy atom. The molecule has 0 bridgehead atoms. The Labute approximate surface area is 117 Å². The van der Waals surface area contributed by atoms with E-state index < -0.39 is 15.6 Å². The van der Waals surface area contributed by atoms with Crippen molar-refractivity contribution in [1.82, 2.24) is 0 Å². The number of hydrogen-bond acceptors (Lipinski definition) is 4. The van der Waals surface area contributed by atoms with Crippen molar-refractivity contribution >= 4 is 15.5 Å². The Morgan fingerprint density at radius 3 is 2.45 bits per heavy atom. The fraction of sp³-hybridized carbons (Fsp3) is 0.538. The van der Waals surface area contributed by atoms with Crippen molar-refractivity contribution in [2.45, 2.75) is 42.6 Å². The molecule has 1 N–H and O–H groups in total. The van der Waals surface area contributed by atoms with Gasteiger partial charge in [0.05, 0.1) is 17.1 Å². The Kier molecular flexibility index (Phi) is 4.59. The minimum atomic E-state index is -4.52. The molecule has 1 aliphatic rings. The van der Waals surface area contributed by atoms with Crippen LogP contribution in [0, 0.1) is 0 Å². The van der Waals surface area contributed by atoms with Crippen LogP contribution in [0.4, 0.5) is 14.5 Å². The van der Waals surface area contributed by atoms with Gasteiger partial charge in [-0.2, -0.15) is 8.78 Å². The molecule has 1 heterocycles. The SMILES string of the molecule is CC1CCC(CNc2ccc(S(=O)(=O)C(F)F)cc2)O1. The van der Waals surface area contributed by atoms with Gasteiger partial charge in [-0.25, -0.2) is 8.42 Å². The van der Waals surface area contributed by atoms with Crippen LogP contribution in [0.2, 0.25) is 0 Å². The van der Waals surface area contributed by atoms with E-state index in [0.29, 0.717) is 12.2 Å². The zero-order valence-electron chi connectivity index (χ0n) is 11.1. The molecule has 112 valence electrons. The second kappa shape index (κ2) is 6.05. The molecule has 2 rings (SSSR count). The lowest BCUT2D eigenvalue weighted by atomic mass is 10.2. The topological polar surface area (TPSA) is 55.4 Å². The molecule has 0 saturated carbocycles. The van der Waals surface area contributed by atoms with E-state index in [-0.39, 0.29) is 17.1 Å². The molecule has 1 saturated heterocycles. The smallest absolute Gasteiger partial charge is 0.341 e. The highest BCUT2D eigenvalue weighted by Crippen LogP contribution is 2.22. The fourth-order valence-electron chi connectivity index (χ4n) is 2.13. The van der Waals surface area contributed by atoms with Crippen LogP contribution in [-0.4, -0.2) is 32.9 Å². The van der Waals surface area contributed by atoms with E-state index in [2.05, 4.69) is 5.32 Å². The molecule has 1 aromatic carbocycles. The van der Waals surface area contributed by atoms with Gasteiger partial charge in [0, 0.05) is 12.2 Å². The van der Waals surface area contributed by atoms with Crippen molar-refractivity contribution in [2.75, 3.05) is 11.9 Å². The first-order valence-electron chi connectivity index (χ1n) is 6.41. The van der Waals surface area contributed by atoms with E-state index in [4.69, 9.17) is 4.74 Å². The summed E-state index contributed by atoms with van der Waals surface area (Å²) in [7, 11) is -4.52. The van der Waals surface area contributed by atoms with Gasteiger partial charge in [0.15, 0.2) is 0 Å². The van der Waals surface area contributed by atoms with E-state index >= 15 is 0 Å². The lowest BCUT2D eigenvalue weighted by Crippen LogP contribution is -2.19. The van der Waals surface area contributed by atoms with Gasteiger partial charge in [-0.15, -0.1) is 0 Å². The quantitative estimate of drug-likeness (QED) is 0.908. The highest BCUT2D eigenvalue weighted by atomic mass is 32.2. The van der Waals surface area contributed by atoms with Crippen LogP contribution >= 0.6 is 0 Å². The summed E-state index contributed by atoms with van der Waals surface area (Å²) in [6.45, 7) is 2.63. The molecule has 1 fully saturated rings. The molecular formula is C13H17F2NO3S. The first kappa shape index (κ1) is 15.2. The van der Waals surface area contributed by atoms with Gasteiger partial charge in [0.2, 0.25) is 9.84 Å². The van der Waals surface area contributed by atoms with Crippen molar-refractivity contribution in [3.8, 4) is 0 Å². The average molecular weight is 305 g/mol. The maximum atomic E-state index is 12.4. The largest absolute Gasteiger partial charge is 0.382 e. The highest BCUT2D eigenvalue weighted by Gasteiger charge is 2.26. The van der Waals surface area contributed by atoms with Gasteiger partial charge in [-0.1, -0.05) is 0 Å². The van der Waals surface area contributed by atoms with E-state index in [0.717, 1.165) is 12.8 Å². The molecule has 2 atom stereocenters. The number of sulfone groups is 1. The summed E-state index contributed by atoms with van der Waals surface area (Å²) in [6, 6.07) is 5.32. The van der Waals surface area contributed by atoms with Crippen molar-refractivity contribution < 1.29 is 21.9 Å². The number of benzene rings is 1. The first-order chi connectivity index (χ1) is 9.39.